The van der Waals surface area contributed by atoms with Gasteiger partial charge in [0.2, 0.25) is 0 Å². The highest BCUT2D eigenvalue weighted by Gasteiger charge is 2.13. The largest absolute Gasteiger partial charge is 0.350 e. The molecule has 0 saturated carbocycles. The summed E-state index contributed by atoms with van der Waals surface area (Å²) in [6.45, 7) is 7.79. The van der Waals surface area contributed by atoms with Crippen LogP contribution in [0.1, 0.15) is 11.1 Å². The smallest absolute Gasteiger partial charge is 0.0526 e. The summed E-state index contributed by atoms with van der Waals surface area (Å²) in [5.41, 5.74) is 4.22. The third-order valence-electron chi connectivity index (χ3n) is 3.89. The van der Waals surface area contributed by atoms with Crippen LogP contribution in [0, 0.1) is 6.92 Å². The van der Waals surface area contributed by atoms with Gasteiger partial charge in [-0.15, -0.1) is 0 Å². The van der Waals surface area contributed by atoms with Crippen LogP contribution in [0.4, 0.5) is 0 Å². The maximum Gasteiger partial charge on any atom is 0.0526 e. The minimum Gasteiger partial charge on any atom is -0.350 e. The lowest BCUT2D eigenvalue weighted by molar-refractivity contribution is 0.234. The van der Waals surface area contributed by atoms with Crippen LogP contribution >= 0.6 is 0 Å². The molecule has 2 heterocycles. The highest BCUT2D eigenvalue weighted by molar-refractivity contribution is 5.86. The molecule has 0 radical (unpaired) electrons. The van der Waals surface area contributed by atoms with Crippen molar-refractivity contribution in [1.82, 2.24) is 14.8 Å². The molecule has 96 valence electrons. The normalized spacial score (nSPS) is 17.4. The highest BCUT2D eigenvalue weighted by atomic mass is 15.2. The van der Waals surface area contributed by atoms with E-state index in [-0.39, 0.29) is 0 Å². The van der Waals surface area contributed by atoms with Crippen molar-refractivity contribution in [2.75, 3.05) is 26.2 Å². The first kappa shape index (κ1) is 11.8. The van der Waals surface area contributed by atoms with E-state index in [9.17, 15) is 0 Å². The third-order valence-corrected chi connectivity index (χ3v) is 3.89. The van der Waals surface area contributed by atoms with Crippen LogP contribution in [-0.2, 0) is 13.6 Å². The van der Waals surface area contributed by atoms with Gasteiger partial charge in [0.15, 0.2) is 0 Å². The van der Waals surface area contributed by atoms with Gasteiger partial charge in [-0.3, -0.25) is 4.90 Å². The molecule has 0 unspecified atom stereocenters. The summed E-state index contributed by atoms with van der Waals surface area (Å²) in [4.78, 5) is 2.54. The second-order valence-electron chi connectivity index (χ2n) is 5.26. The summed E-state index contributed by atoms with van der Waals surface area (Å²) in [7, 11) is 2.15. The van der Waals surface area contributed by atoms with Crippen LogP contribution in [0.15, 0.2) is 24.4 Å². The van der Waals surface area contributed by atoms with Crippen LogP contribution in [0.25, 0.3) is 10.9 Å². The molecule has 0 atom stereocenters. The van der Waals surface area contributed by atoms with Gasteiger partial charge in [0, 0.05) is 51.4 Å². The zero-order valence-corrected chi connectivity index (χ0v) is 11.2. The number of hydrogen-bond donors (Lipinski definition) is 1. The Morgan fingerprint density at radius 3 is 2.78 bits per heavy atom. The van der Waals surface area contributed by atoms with Crippen molar-refractivity contribution in [3.05, 3.63) is 35.5 Å². The van der Waals surface area contributed by atoms with Gasteiger partial charge in [-0.25, -0.2) is 0 Å². The Balaban J connectivity index is 1.95. The quantitative estimate of drug-likeness (QED) is 0.869. The van der Waals surface area contributed by atoms with Crippen molar-refractivity contribution in [2.24, 2.45) is 7.05 Å². The predicted molar refractivity (Wildman–Crippen MR) is 75.8 cm³/mol. The molecule has 3 rings (SSSR count). The van der Waals surface area contributed by atoms with Gasteiger partial charge in [-0.1, -0.05) is 18.2 Å². The molecule has 0 spiro atoms. The minimum absolute atomic E-state index is 1.07. The third kappa shape index (κ3) is 2.04. The van der Waals surface area contributed by atoms with Crippen molar-refractivity contribution < 1.29 is 0 Å². The second kappa shape index (κ2) is 4.75. The van der Waals surface area contributed by atoms with E-state index in [1.165, 1.54) is 22.0 Å². The molecule has 3 nitrogen and oxygen atoms in total. The molecule has 1 fully saturated rings. The van der Waals surface area contributed by atoms with Gasteiger partial charge in [0.25, 0.3) is 0 Å². The number of nitrogens with one attached hydrogen (secondary N) is 1. The number of para-hydroxylation sites is 1. The first-order valence-corrected chi connectivity index (χ1v) is 6.72. The molecule has 1 aromatic carbocycles. The summed E-state index contributed by atoms with van der Waals surface area (Å²) in [6, 6.07) is 6.68. The van der Waals surface area contributed by atoms with Gasteiger partial charge >= 0.3 is 0 Å². The fraction of sp³-hybridized carbons (Fsp3) is 0.467. The number of aromatic nitrogens is 1. The number of aryl methyl sites for hydroxylation is 2. The van der Waals surface area contributed by atoms with Crippen molar-refractivity contribution >= 4 is 10.9 Å². The Hall–Kier alpha value is -1.32. The van der Waals surface area contributed by atoms with E-state index in [1.807, 2.05) is 0 Å². The van der Waals surface area contributed by atoms with Crippen LogP contribution < -0.4 is 5.32 Å². The Morgan fingerprint density at radius 1 is 1.22 bits per heavy atom. The lowest BCUT2D eigenvalue weighted by Gasteiger charge is -2.27. The Labute approximate surface area is 108 Å². The number of hydrogen-bond acceptors (Lipinski definition) is 2. The van der Waals surface area contributed by atoms with E-state index in [4.69, 9.17) is 0 Å². The molecule has 1 aromatic heterocycles. The Morgan fingerprint density at radius 2 is 2.00 bits per heavy atom. The fourth-order valence-electron chi connectivity index (χ4n) is 2.99. The lowest BCUT2D eigenvalue weighted by Crippen LogP contribution is -2.42. The monoisotopic (exact) mass is 243 g/mol. The number of piperazine rings is 1. The molecule has 1 saturated heterocycles. The molecular formula is C15H21N3. The predicted octanol–water partition coefficient (Wildman–Crippen LogP) is 1.89. The number of fused-ring (bicyclic) bond motifs is 1. The molecule has 3 heteroatoms. The van der Waals surface area contributed by atoms with Gasteiger partial charge < -0.3 is 9.88 Å². The number of rotatable bonds is 2. The van der Waals surface area contributed by atoms with Crippen molar-refractivity contribution in [3.63, 3.8) is 0 Å². The van der Waals surface area contributed by atoms with Crippen LogP contribution in [0.5, 0.6) is 0 Å². The SMILES string of the molecule is Cc1cn(C)c2c(CN3CCNCC3)cccc12. The maximum absolute atomic E-state index is 3.41. The summed E-state index contributed by atoms with van der Waals surface area (Å²) in [6.07, 6.45) is 2.23. The molecule has 1 aliphatic rings. The van der Waals surface area contributed by atoms with Gasteiger partial charge in [0.1, 0.15) is 0 Å². The van der Waals surface area contributed by atoms with Gasteiger partial charge in [-0.05, 0) is 18.1 Å². The highest BCUT2D eigenvalue weighted by Crippen LogP contribution is 2.24. The minimum atomic E-state index is 1.07. The molecule has 2 aromatic rings. The molecular weight excluding hydrogens is 222 g/mol. The summed E-state index contributed by atoms with van der Waals surface area (Å²) in [5.74, 6) is 0. The molecule has 0 amide bonds. The summed E-state index contributed by atoms with van der Waals surface area (Å²) >= 11 is 0. The van der Waals surface area contributed by atoms with Crippen molar-refractivity contribution in [3.8, 4) is 0 Å². The zero-order valence-electron chi connectivity index (χ0n) is 11.2. The first-order chi connectivity index (χ1) is 8.75. The molecule has 18 heavy (non-hydrogen) atoms. The van der Waals surface area contributed by atoms with E-state index < -0.39 is 0 Å². The van der Waals surface area contributed by atoms with E-state index >= 15 is 0 Å². The van der Waals surface area contributed by atoms with E-state index in [2.05, 4.69) is 53.2 Å². The lowest BCUT2D eigenvalue weighted by atomic mass is 10.1. The summed E-state index contributed by atoms with van der Waals surface area (Å²) in [5, 5.41) is 4.80. The van der Waals surface area contributed by atoms with E-state index in [0.29, 0.717) is 0 Å². The molecule has 1 aliphatic heterocycles. The van der Waals surface area contributed by atoms with Crippen LogP contribution in [0.3, 0.4) is 0 Å². The van der Waals surface area contributed by atoms with E-state index in [0.717, 1.165) is 32.7 Å². The Kier molecular flexibility index (Phi) is 3.10. The van der Waals surface area contributed by atoms with Crippen LogP contribution in [-0.4, -0.2) is 35.6 Å². The molecule has 0 bridgehead atoms. The topological polar surface area (TPSA) is 20.2 Å². The first-order valence-electron chi connectivity index (χ1n) is 6.72. The number of nitrogens with zero attached hydrogens (tertiary/aromatic N) is 2. The maximum atomic E-state index is 3.41. The van der Waals surface area contributed by atoms with E-state index in [1.54, 1.807) is 0 Å². The summed E-state index contributed by atoms with van der Waals surface area (Å²) < 4.78 is 2.27. The van der Waals surface area contributed by atoms with Crippen molar-refractivity contribution in [2.45, 2.75) is 13.5 Å². The standard InChI is InChI=1S/C15H21N3/c1-12-10-17(2)15-13(4-3-5-14(12)15)11-18-8-6-16-7-9-18/h3-5,10,16H,6-9,11H2,1-2H3. The molecule has 1 N–H and O–H groups in total. The average molecular weight is 243 g/mol. The van der Waals surface area contributed by atoms with Gasteiger partial charge in [-0.2, -0.15) is 0 Å². The number of benzene rings is 1. The average Bonchev–Trinajstić information content (AvgIpc) is 2.67. The second-order valence-corrected chi connectivity index (χ2v) is 5.26. The van der Waals surface area contributed by atoms with Crippen LogP contribution in [0.2, 0.25) is 0 Å². The zero-order chi connectivity index (χ0) is 12.5. The fourth-order valence-corrected chi connectivity index (χ4v) is 2.99. The van der Waals surface area contributed by atoms with Crippen molar-refractivity contribution in [1.29, 1.82) is 0 Å². The Bertz CT molecular complexity index is 550. The van der Waals surface area contributed by atoms with Gasteiger partial charge in [0.05, 0.1) is 5.52 Å². The molecule has 0 aliphatic carbocycles.